The number of nitrogens with zero attached hydrogens (tertiary/aromatic N) is 8. The molecule has 2 aromatic heterocycles. The van der Waals surface area contributed by atoms with E-state index in [9.17, 15) is 19.2 Å². The van der Waals surface area contributed by atoms with E-state index in [0.717, 1.165) is 126 Å². The van der Waals surface area contributed by atoms with Crippen LogP contribution < -0.4 is 21.1 Å². The normalized spacial score (nSPS) is 19.4. The summed E-state index contributed by atoms with van der Waals surface area (Å²) in [4.78, 5) is 68.4. The minimum Gasteiger partial charge on any atom is -0.457 e. The number of nitrogens with one attached hydrogen (secondary N) is 2. The Kier molecular flexibility index (Phi) is 13.6. The summed E-state index contributed by atoms with van der Waals surface area (Å²) in [5.41, 5.74) is 11.2. The van der Waals surface area contributed by atoms with Crippen molar-refractivity contribution in [3.8, 4) is 22.8 Å². The topological polar surface area (TPSA) is 184 Å². The molecule has 4 aliphatic rings. The molecule has 0 aliphatic carbocycles. The number of likely N-dealkylation sites (tertiary alicyclic amines) is 1. The molecule has 0 saturated carbocycles. The van der Waals surface area contributed by atoms with Gasteiger partial charge in [-0.2, -0.15) is 5.10 Å². The standard InChI is InChI=1S/C49H59N11O5/c50-46-44-45(34-17-19-37(20-18-34)65-36-12-4-3-5-13-36)55-60(47(44)53-33-52-46)35-11-9-26-58(31-35)43(62)16-10-25-57-29-27-56(28-30-57)24-7-2-1-6-23-51-40-15-8-14-38-39(40)32-59(49(38)64)41-21-22-42(61)54-48(41)63/h3-5,8,12-15,17-20,33,35,41,51H,1-2,6-7,9-11,16,21-32H2,(H2,50,52,53)(H,54,61,63). The van der Waals surface area contributed by atoms with Gasteiger partial charge in [0.15, 0.2) is 5.65 Å². The molecule has 0 radical (unpaired) electrons. The smallest absolute Gasteiger partial charge is 0.255 e. The van der Waals surface area contributed by atoms with Crippen LogP contribution in [0, 0.1) is 0 Å². The van der Waals surface area contributed by atoms with E-state index in [2.05, 4.69) is 30.4 Å². The lowest BCUT2D eigenvalue weighted by Crippen LogP contribution is -2.52. The number of unbranched alkanes of at least 4 members (excludes halogenated alkanes) is 3. The van der Waals surface area contributed by atoms with Crippen LogP contribution in [-0.4, -0.2) is 128 Å². The Balaban J connectivity index is 0.671. The van der Waals surface area contributed by atoms with Crippen LogP contribution in [-0.2, 0) is 20.9 Å². The number of carbonyl (C=O) groups excluding carboxylic acids is 4. The summed E-state index contributed by atoms with van der Waals surface area (Å²) in [6, 6.07) is 22.5. The minimum atomic E-state index is -0.609. The van der Waals surface area contributed by atoms with Gasteiger partial charge in [-0.1, -0.05) is 37.1 Å². The Morgan fingerprint density at radius 1 is 0.815 bits per heavy atom. The van der Waals surface area contributed by atoms with Gasteiger partial charge in [0.05, 0.1) is 11.4 Å². The van der Waals surface area contributed by atoms with Crippen molar-refractivity contribution < 1.29 is 23.9 Å². The van der Waals surface area contributed by atoms with Gasteiger partial charge in [-0.15, -0.1) is 0 Å². The number of imide groups is 1. The summed E-state index contributed by atoms with van der Waals surface area (Å²) < 4.78 is 7.96. The van der Waals surface area contributed by atoms with E-state index in [1.54, 1.807) is 4.90 Å². The number of piperidine rings is 2. The fraction of sp³-hybridized carbons (Fsp3) is 0.449. The molecule has 0 bridgehead atoms. The molecule has 4 aliphatic heterocycles. The van der Waals surface area contributed by atoms with Crippen LogP contribution in [0.4, 0.5) is 11.5 Å². The second kappa shape index (κ2) is 20.2. The first-order valence-electron chi connectivity index (χ1n) is 23.3. The molecular weight excluding hydrogens is 823 g/mol. The van der Waals surface area contributed by atoms with Gasteiger partial charge in [0.25, 0.3) is 5.91 Å². The van der Waals surface area contributed by atoms with Crippen LogP contribution in [0.1, 0.15) is 86.2 Å². The maximum atomic E-state index is 13.6. The van der Waals surface area contributed by atoms with Crippen LogP contribution >= 0.6 is 0 Å². The zero-order valence-corrected chi connectivity index (χ0v) is 37.0. The molecule has 4 amide bonds. The third-order valence-electron chi connectivity index (χ3n) is 13.3. The monoisotopic (exact) mass is 881 g/mol. The number of piperazine rings is 1. The number of hydrogen-bond donors (Lipinski definition) is 3. The van der Waals surface area contributed by atoms with Crippen molar-refractivity contribution in [2.24, 2.45) is 0 Å². The van der Waals surface area contributed by atoms with Crippen LogP contribution in [0.15, 0.2) is 79.1 Å². The fourth-order valence-corrected chi connectivity index (χ4v) is 9.78. The highest BCUT2D eigenvalue weighted by Crippen LogP contribution is 2.36. The maximum Gasteiger partial charge on any atom is 0.255 e. The highest BCUT2D eigenvalue weighted by Gasteiger charge is 2.40. The number of rotatable bonds is 17. The van der Waals surface area contributed by atoms with E-state index in [4.69, 9.17) is 15.6 Å². The van der Waals surface area contributed by atoms with E-state index in [1.165, 1.54) is 6.33 Å². The maximum absolute atomic E-state index is 13.6. The molecule has 2 unspecified atom stereocenters. The van der Waals surface area contributed by atoms with Gasteiger partial charge in [-0.3, -0.25) is 24.5 Å². The zero-order chi connectivity index (χ0) is 44.7. The average Bonchev–Trinajstić information content (AvgIpc) is 3.89. The molecule has 0 spiro atoms. The Morgan fingerprint density at radius 2 is 1.57 bits per heavy atom. The molecule has 9 rings (SSSR count). The number of nitrogen functional groups attached to an aromatic ring is 1. The quantitative estimate of drug-likeness (QED) is 0.0748. The lowest BCUT2D eigenvalue weighted by Gasteiger charge is -2.35. The molecule has 3 fully saturated rings. The number of para-hydroxylation sites is 1. The van der Waals surface area contributed by atoms with Crippen molar-refractivity contribution in [2.45, 2.75) is 82.8 Å². The summed E-state index contributed by atoms with van der Waals surface area (Å²) in [5.74, 6) is 1.25. The first-order valence-corrected chi connectivity index (χ1v) is 23.3. The van der Waals surface area contributed by atoms with Gasteiger partial charge < -0.3 is 35.4 Å². The first kappa shape index (κ1) is 43.8. The molecule has 5 aromatic rings. The fourth-order valence-electron chi connectivity index (χ4n) is 9.78. The van der Waals surface area contributed by atoms with E-state index in [-0.39, 0.29) is 36.1 Å². The molecule has 16 nitrogen and oxygen atoms in total. The number of anilines is 2. The molecule has 340 valence electrons. The van der Waals surface area contributed by atoms with E-state index >= 15 is 0 Å². The van der Waals surface area contributed by atoms with E-state index in [1.807, 2.05) is 82.4 Å². The third kappa shape index (κ3) is 10.1. The molecule has 6 heterocycles. The van der Waals surface area contributed by atoms with Crippen LogP contribution in [0.5, 0.6) is 11.5 Å². The van der Waals surface area contributed by atoms with Gasteiger partial charge in [0, 0.05) is 87.6 Å². The van der Waals surface area contributed by atoms with Crippen molar-refractivity contribution in [1.29, 1.82) is 0 Å². The molecule has 3 saturated heterocycles. The van der Waals surface area contributed by atoms with Crippen molar-refractivity contribution in [3.63, 3.8) is 0 Å². The summed E-state index contributed by atoms with van der Waals surface area (Å²) in [6.45, 7) is 8.71. The summed E-state index contributed by atoms with van der Waals surface area (Å²) in [6.07, 6.45) is 9.74. The van der Waals surface area contributed by atoms with Crippen molar-refractivity contribution in [1.82, 2.24) is 44.7 Å². The van der Waals surface area contributed by atoms with Gasteiger partial charge in [0.2, 0.25) is 17.7 Å². The number of nitrogens with two attached hydrogens (primary N) is 1. The van der Waals surface area contributed by atoms with Gasteiger partial charge in [-0.05, 0) is 100 Å². The molecule has 4 N–H and O–H groups in total. The van der Waals surface area contributed by atoms with Crippen LogP contribution in [0.3, 0.4) is 0 Å². The Hall–Kier alpha value is -6.39. The predicted octanol–water partition coefficient (Wildman–Crippen LogP) is 5.86. The molecular formula is C49H59N11O5. The van der Waals surface area contributed by atoms with Crippen molar-refractivity contribution in [3.05, 3.63) is 90.3 Å². The number of carbonyl (C=O) groups is 4. The second-order valence-corrected chi connectivity index (χ2v) is 17.7. The second-order valence-electron chi connectivity index (χ2n) is 17.7. The van der Waals surface area contributed by atoms with E-state index in [0.29, 0.717) is 54.0 Å². The lowest BCUT2D eigenvalue weighted by atomic mass is 10.0. The van der Waals surface area contributed by atoms with Crippen molar-refractivity contribution in [2.75, 3.05) is 70.0 Å². The SMILES string of the molecule is Nc1ncnc2c1c(-c1ccc(Oc3ccccc3)cc1)nn2C1CCCN(C(=O)CCCN2CCN(CCCCCCNc3cccc4c3CN(C3CCC(=O)NC3=O)C4=O)CC2)C1. The minimum absolute atomic E-state index is 0.0199. The molecule has 3 aromatic carbocycles. The zero-order valence-electron chi connectivity index (χ0n) is 37.0. The first-order chi connectivity index (χ1) is 31.8. The average molecular weight is 882 g/mol. The van der Waals surface area contributed by atoms with Gasteiger partial charge in [-0.25, -0.2) is 14.6 Å². The highest BCUT2D eigenvalue weighted by molar-refractivity contribution is 6.06. The molecule has 65 heavy (non-hydrogen) atoms. The number of hydrogen-bond acceptors (Lipinski definition) is 12. The Bertz CT molecular complexity index is 2490. The molecule has 16 heteroatoms. The Morgan fingerprint density at radius 3 is 2.35 bits per heavy atom. The van der Waals surface area contributed by atoms with Gasteiger partial charge >= 0.3 is 0 Å². The predicted molar refractivity (Wildman–Crippen MR) is 248 cm³/mol. The third-order valence-corrected chi connectivity index (χ3v) is 13.3. The van der Waals surface area contributed by atoms with E-state index < -0.39 is 6.04 Å². The number of ether oxygens (including phenoxy) is 1. The Labute approximate surface area is 379 Å². The number of amides is 4. The highest BCUT2D eigenvalue weighted by atomic mass is 16.5. The van der Waals surface area contributed by atoms with Crippen molar-refractivity contribution >= 4 is 46.2 Å². The van der Waals surface area contributed by atoms with Gasteiger partial charge in [0.1, 0.15) is 35.4 Å². The summed E-state index contributed by atoms with van der Waals surface area (Å²) in [5, 5.41) is 11.7. The summed E-state index contributed by atoms with van der Waals surface area (Å²) >= 11 is 0. The number of aromatic nitrogens is 4. The number of fused-ring (bicyclic) bond motifs is 2. The lowest BCUT2D eigenvalue weighted by molar-refractivity contribution is -0.137. The summed E-state index contributed by atoms with van der Waals surface area (Å²) in [7, 11) is 0. The van der Waals surface area contributed by atoms with Crippen LogP contribution in [0.2, 0.25) is 0 Å². The van der Waals surface area contributed by atoms with Crippen LogP contribution in [0.25, 0.3) is 22.3 Å². The largest absolute Gasteiger partial charge is 0.457 e. The molecule has 2 atom stereocenters. The number of benzene rings is 3.